The average molecular weight is 239 g/mol. The molecule has 0 aliphatic heterocycles. The molecule has 0 radical (unpaired) electrons. The Kier molecular flexibility index (Phi) is 4.94. The van der Waals surface area contributed by atoms with Crippen molar-refractivity contribution in [2.45, 2.75) is 32.7 Å². The molecule has 0 saturated carbocycles. The van der Waals surface area contributed by atoms with Crippen LogP contribution in [0.4, 0.5) is 4.39 Å². The van der Waals surface area contributed by atoms with Gasteiger partial charge in [0.15, 0.2) is 11.6 Å². The van der Waals surface area contributed by atoms with E-state index in [0.717, 1.165) is 12.8 Å². The number of carbonyl (C=O) groups excluding carboxylic acids is 1. The summed E-state index contributed by atoms with van der Waals surface area (Å²) in [6.45, 7) is 3.98. The van der Waals surface area contributed by atoms with E-state index in [-0.39, 0.29) is 17.7 Å². The van der Waals surface area contributed by atoms with Crippen LogP contribution in [0.3, 0.4) is 0 Å². The Bertz CT molecular complexity index is 393. The van der Waals surface area contributed by atoms with Crippen molar-refractivity contribution in [3.8, 4) is 5.75 Å². The van der Waals surface area contributed by atoms with Gasteiger partial charge in [-0.3, -0.25) is 4.79 Å². The van der Waals surface area contributed by atoms with Crippen LogP contribution in [-0.4, -0.2) is 19.1 Å². The van der Waals surface area contributed by atoms with E-state index in [0.29, 0.717) is 5.56 Å². The van der Waals surface area contributed by atoms with Gasteiger partial charge in [-0.05, 0) is 31.5 Å². The highest BCUT2D eigenvalue weighted by molar-refractivity contribution is 5.94. The highest BCUT2D eigenvalue weighted by atomic mass is 19.1. The molecule has 1 atom stereocenters. The highest BCUT2D eigenvalue weighted by Gasteiger charge is 2.11. The second-order valence-electron chi connectivity index (χ2n) is 4.01. The van der Waals surface area contributed by atoms with Crippen molar-refractivity contribution < 1.29 is 13.9 Å². The molecule has 0 bridgehead atoms. The van der Waals surface area contributed by atoms with Crippen molar-refractivity contribution in [2.24, 2.45) is 0 Å². The van der Waals surface area contributed by atoms with Crippen LogP contribution in [0.5, 0.6) is 5.75 Å². The number of carbonyl (C=O) groups is 1. The zero-order valence-electron chi connectivity index (χ0n) is 10.4. The molecule has 1 aromatic carbocycles. The van der Waals surface area contributed by atoms with Crippen molar-refractivity contribution >= 4 is 5.91 Å². The van der Waals surface area contributed by atoms with Crippen molar-refractivity contribution in [1.29, 1.82) is 0 Å². The van der Waals surface area contributed by atoms with Crippen LogP contribution < -0.4 is 10.1 Å². The Morgan fingerprint density at radius 2 is 2.24 bits per heavy atom. The van der Waals surface area contributed by atoms with Crippen LogP contribution in [-0.2, 0) is 0 Å². The summed E-state index contributed by atoms with van der Waals surface area (Å²) in [7, 11) is 1.39. The SMILES string of the molecule is CCCC(C)NC(=O)c1ccc(OC)c(F)c1. The van der Waals surface area contributed by atoms with Gasteiger partial charge in [0.2, 0.25) is 0 Å². The number of hydrogen-bond donors (Lipinski definition) is 1. The third kappa shape index (κ3) is 3.73. The Morgan fingerprint density at radius 3 is 2.76 bits per heavy atom. The molecule has 0 saturated heterocycles. The maximum absolute atomic E-state index is 13.4. The number of nitrogens with one attached hydrogen (secondary N) is 1. The Labute approximate surface area is 101 Å². The monoisotopic (exact) mass is 239 g/mol. The summed E-state index contributed by atoms with van der Waals surface area (Å²) in [5, 5.41) is 2.82. The first-order valence-corrected chi connectivity index (χ1v) is 5.72. The number of hydrogen-bond acceptors (Lipinski definition) is 2. The second-order valence-corrected chi connectivity index (χ2v) is 4.01. The van der Waals surface area contributed by atoms with Crippen molar-refractivity contribution in [1.82, 2.24) is 5.32 Å². The van der Waals surface area contributed by atoms with Gasteiger partial charge in [-0.15, -0.1) is 0 Å². The smallest absolute Gasteiger partial charge is 0.251 e. The van der Waals surface area contributed by atoms with Crippen LogP contribution in [0.1, 0.15) is 37.0 Å². The van der Waals surface area contributed by atoms with Crippen molar-refractivity contribution in [2.75, 3.05) is 7.11 Å². The summed E-state index contributed by atoms with van der Waals surface area (Å²) in [5.41, 5.74) is 0.311. The van der Waals surface area contributed by atoms with E-state index < -0.39 is 5.82 Å². The standard InChI is InChI=1S/C13H18FNO2/c1-4-5-9(2)15-13(16)10-6-7-12(17-3)11(14)8-10/h6-9H,4-5H2,1-3H3,(H,15,16). The quantitative estimate of drug-likeness (QED) is 0.858. The van der Waals surface area contributed by atoms with Crippen molar-refractivity contribution in [3.05, 3.63) is 29.6 Å². The Balaban J connectivity index is 2.72. The molecular weight excluding hydrogens is 221 g/mol. The van der Waals surface area contributed by atoms with Gasteiger partial charge in [-0.2, -0.15) is 0 Å². The molecule has 1 aromatic rings. The van der Waals surface area contributed by atoms with Crippen molar-refractivity contribution in [3.63, 3.8) is 0 Å². The van der Waals surface area contributed by atoms with Gasteiger partial charge in [-0.1, -0.05) is 13.3 Å². The fourth-order valence-electron chi connectivity index (χ4n) is 1.62. The van der Waals surface area contributed by atoms with Gasteiger partial charge in [0.1, 0.15) is 0 Å². The molecule has 1 rings (SSSR count). The summed E-state index contributed by atoms with van der Waals surface area (Å²) in [6, 6.07) is 4.29. The van der Waals surface area contributed by atoms with Crippen LogP contribution >= 0.6 is 0 Å². The van der Waals surface area contributed by atoms with E-state index in [1.54, 1.807) is 6.07 Å². The summed E-state index contributed by atoms with van der Waals surface area (Å²) < 4.78 is 18.2. The maximum Gasteiger partial charge on any atom is 0.251 e. The Hall–Kier alpha value is -1.58. The summed E-state index contributed by atoms with van der Waals surface area (Å²) >= 11 is 0. The van der Waals surface area contributed by atoms with E-state index in [1.807, 2.05) is 6.92 Å². The average Bonchev–Trinajstić information content (AvgIpc) is 2.29. The number of benzene rings is 1. The lowest BCUT2D eigenvalue weighted by Crippen LogP contribution is -2.32. The normalized spacial score (nSPS) is 12.0. The molecular formula is C13H18FNO2. The number of ether oxygens (including phenoxy) is 1. The zero-order chi connectivity index (χ0) is 12.8. The number of amides is 1. The third-order valence-electron chi connectivity index (χ3n) is 2.51. The molecule has 1 N–H and O–H groups in total. The first-order chi connectivity index (χ1) is 8.08. The molecule has 4 heteroatoms. The third-order valence-corrected chi connectivity index (χ3v) is 2.51. The predicted octanol–water partition coefficient (Wildman–Crippen LogP) is 2.75. The lowest BCUT2D eigenvalue weighted by Gasteiger charge is -2.13. The second kappa shape index (κ2) is 6.23. The molecule has 0 aromatic heterocycles. The minimum Gasteiger partial charge on any atom is -0.494 e. The van der Waals surface area contributed by atoms with Gasteiger partial charge in [-0.25, -0.2) is 4.39 Å². The van der Waals surface area contributed by atoms with Crippen LogP contribution in [0.15, 0.2) is 18.2 Å². The molecule has 0 spiro atoms. The van der Waals surface area contributed by atoms with E-state index in [9.17, 15) is 9.18 Å². The van der Waals surface area contributed by atoms with Gasteiger partial charge >= 0.3 is 0 Å². The first kappa shape index (κ1) is 13.5. The van der Waals surface area contributed by atoms with Crippen LogP contribution in [0.2, 0.25) is 0 Å². The molecule has 0 heterocycles. The number of methoxy groups -OCH3 is 1. The minimum absolute atomic E-state index is 0.0951. The molecule has 0 fully saturated rings. The Morgan fingerprint density at radius 1 is 1.53 bits per heavy atom. The first-order valence-electron chi connectivity index (χ1n) is 5.72. The lowest BCUT2D eigenvalue weighted by atomic mass is 10.1. The topological polar surface area (TPSA) is 38.3 Å². The number of halogens is 1. The molecule has 17 heavy (non-hydrogen) atoms. The maximum atomic E-state index is 13.4. The van der Waals surface area contributed by atoms with Crippen LogP contribution in [0, 0.1) is 5.82 Å². The minimum atomic E-state index is -0.525. The summed E-state index contributed by atoms with van der Waals surface area (Å²) in [5.74, 6) is -0.640. The molecule has 3 nitrogen and oxygen atoms in total. The van der Waals surface area contributed by atoms with Gasteiger partial charge in [0, 0.05) is 11.6 Å². The van der Waals surface area contributed by atoms with Gasteiger partial charge < -0.3 is 10.1 Å². The molecule has 0 aliphatic carbocycles. The zero-order valence-corrected chi connectivity index (χ0v) is 10.4. The molecule has 1 unspecified atom stereocenters. The fraction of sp³-hybridized carbons (Fsp3) is 0.462. The van der Waals surface area contributed by atoms with Gasteiger partial charge in [0.05, 0.1) is 7.11 Å². The largest absolute Gasteiger partial charge is 0.494 e. The van der Waals surface area contributed by atoms with Gasteiger partial charge in [0.25, 0.3) is 5.91 Å². The molecule has 0 aliphatic rings. The molecule has 94 valence electrons. The van der Waals surface area contributed by atoms with E-state index in [1.165, 1.54) is 19.2 Å². The predicted molar refractivity (Wildman–Crippen MR) is 64.8 cm³/mol. The van der Waals surface area contributed by atoms with Crippen LogP contribution in [0.25, 0.3) is 0 Å². The van der Waals surface area contributed by atoms with E-state index >= 15 is 0 Å². The fourth-order valence-corrected chi connectivity index (χ4v) is 1.62. The van der Waals surface area contributed by atoms with E-state index in [2.05, 4.69) is 12.2 Å². The highest BCUT2D eigenvalue weighted by Crippen LogP contribution is 2.17. The molecule has 1 amide bonds. The number of rotatable bonds is 5. The summed E-state index contributed by atoms with van der Waals surface area (Å²) in [4.78, 5) is 11.8. The lowest BCUT2D eigenvalue weighted by molar-refractivity contribution is 0.0938. The van der Waals surface area contributed by atoms with E-state index in [4.69, 9.17) is 4.74 Å². The summed E-state index contributed by atoms with van der Waals surface area (Å²) in [6.07, 6.45) is 1.91.